The van der Waals surface area contributed by atoms with E-state index in [9.17, 15) is 0 Å². The summed E-state index contributed by atoms with van der Waals surface area (Å²) in [5.74, 6) is 0. The van der Waals surface area contributed by atoms with Crippen molar-refractivity contribution < 1.29 is 24.5 Å². The van der Waals surface area contributed by atoms with E-state index in [2.05, 4.69) is 90.7 Å². The molecule has 4 heteroatoms. The van der Waals surface area contributed by atoms with E-state index in [1.807, 2.05) is 6.20 Å². The van der Waals surface area contributed by atoms with E-state index in [4.69, 9.17) is 9.40 Å². The van der Waals surface area contributed by atoms with Crippen LogP contribution < -0.4 is 5.19 Å². The molecular formula is C26H30IrNOSi-. The number of hydrogen-bond acceptors (Lipinski definition) is 2. The molecule has 0 saturated heterocycles. The Morgan fingerprint density at radius 1 is 1.00 bits per heavy atom. The molecule has 0 atom stereocenters. The fraction of sp³-hybridized carbons (Fsp3) is 0.346. The van der Waals surface area contributed by atoms with E-state index >= 15 is 0 Å². The second kappa shape index (κ2) is 7.74. The van der Waals surface area contributed by atoms with Gasteiger partial charge in [-0.2, -0.15) is 0 Å². The summed E-state index contributed by atoms with van der Waals surface area (Å²) >= 11 is 0. The van der Waals surface area contributed by atoms with E-state index in [1.54, 1.807) is 0 Å². The van der Waals surface area contributed by atoms with Gasteiger partial charge < -0.3 is 9.40 Å². The Kier molecular flexibility index (Phi) is 5.92. The molecule has 4 rings (SSSR count). The molecule has 0 aliphatic rings. The summed E-state index contributed by atoms with van der Waals surface area (Å²) in [6, 6.07) is 14.5. The van der Waals surface area contributed by atoms with Crippen molar-refractivity contribution >= 4 is 35.2 Å². The quantitative estimate of drug-likeness (QED) is 0.187. The van der Waals surface area contributed by atoms with Gasteiger partial charge >= 0.3 is 0 Å². The minimum atomic E-state index is -1.58. The predicted molar refractivity (Wildman–Crippen MR) is 127 cm³/mol. The smallest absolute Gasteiger partial charge is 0.123 e. The van der Waals surface area contributed by atoms with Gasteiger partial charge in [-0.15, -0.1) is 17.3 Å². The van der Waals surface area contributed by atoms with Gasteiger partial charge in [0.1, 0.15) is 5.58 Å². The van der Waals surface area contributed by atoms with Crippen LogP contribution in [0.4, 0.5) is 0 Å². The average molecular weight is 593 g/mol. The monoisotopic (exact) mass is 593 g/mol. The third-order valence-corrected chi connectivity index (χ3v) is 7.68. The Balaban J connectivity index is 0.00000256. The molecule has 30 heavy (non-hydrogen) atoms. The van der Waals surface area contributed by atoms with Crippen LogP contribution in [-0.4, -0.2) is 13.1 Å². The summed E-state index contributed by atoms with van der Waals surface area (Å²) in [5.41, 5.74) is 7.53. The largest absolute Gasteiger partial charge is 0.500 e. The fourth-order valence-corrected chi connectivity index (χ4v) is 5.55. The fourth-order valence-electron chi connectivity index (χ4n) is 4.04. The molecule has 0 amide bonds. The molecule has 2 aromatic carbocycles. The zero-order valence-electron chi connectivity index (χ0n) is 19.2. The number of furan rings is 1. The first-order chi connectivity index (χ1) is 13.5. The molecule has 2 heterocycles. The van der Waals surface area contributed by atoms with Crippen molar-refractivity contribution in [1.82, 2.24) is 4.98 Å². The number of fused-ring (bicyclic) bond motifs is 3. The maximum Gasteiger partial charge on any atom is 0.123 e. The molecule has 0 fully saturated rings. The predicted octanol–water partition coefficient (Wildman–Crippen LogP) is 6.91. The normalized spacial score (nSPS) is 12.4. The first-order valence-corrected chi connectivity index (χ1v) is 13.8. The molecule has 159 valence electrons. The average Bonchev–Trinajstić information content (AvgIpc) is 2.99. The number of pyridine rings is 1. The molecule has 2 aromatic heterocycles. The van der Waals surface area contributed by atoms with Crippen molar-refractivity contribution in [2.75, 3.05) is 0 Å². The van der Waals surface area contributed by atoms with E-state index < -0.39 is 8.07 Å². The molecule has 0 spiro atoms. The van der Waals surface area contributed by atoms with E-state index in [0.717, 1.165) is 22.4 Å². The molecule has 4 aromatic rings. The number of benzene rings is 2. The standard InChI is InChI=1S/C26H30NOSi.Ir/c1-16-13-17(2)24-20(14-16)23-22(29(6,7)8)12-10-19(25(23)28-24)21-11-9-18(15-27-21)26(3,4)5;/h9,11-15H,1-8H3;/q-1;. The van der Waals surface area contributed by atoms with E-state index in [0.29, 0.717) is 0 Å². The van der Waals surface area contributed by atoms with Crippen molar-refractivity contribution in [3.63, 3.8) is 0 Å². The Bertz CT molecular complexity index is 1220. The summed E-state index contributed by atoms with van der Waals surface area (Å²) in [4.78, 5) is 4.79. The van der Waals surface area contributed by atoms with Gasteiger partial charge in [-0.05, 0) is 42.1 Å². The van der Waals surface area contributed by atoms with Crippen LogP contribution in [0.25, 0.3) is 33.2 Å². The molecular weight excluding hydrogens is 563 g/mol. The summed E-state index contributed by atoms with van der Waals surface area (Å²) in [6.07, 6.45) is 1.99. The van der Waals surface area contributed by atoms with Gasteiger partial charge in [0.05, 0.1) is 5.58 Å². The number of hydrogen-bond donors (Lipinski definition) is 0. The summed E-state index contributed by atoms with van der Waals surface area (Å²) in [7, 11) is -1.58. The van der Waals surface area contributed by atoms with Gasteiger partial charge in [0.15, 0.2) is 0 Å². The molecule has 0 unspecified atom stereocenters. The molecule has 0 N–H and O–H groups in total. The molecule has 0 saturated carbocycles. The number of nitrogens with zero attached hydrogens (tertiary/aromatic N) is 1. The third kappa shape index (κ3) is 3.93. The molecule has 0 bridgehead atoms. The first-order valence-electron chi connectivity index (χ1n) is 10.3. The van der Waals surface area contributed by atoms with Gasteiger partial charge in [0, 0.05) is 39.8 Å². The minimum Gasteiger partial charge on any atom is -0.500 e. The Hall–Kier alpha value is -1.74. The van der Waals surface area contributed by atoms with Crippen LogP contribution in [0, 0.1) is 19.9 Å². The van der Waals surface area contributed by atoms with Crippen LogP contribution in [0.3, 0.4) is 0 Å². The first kappa shape index (κ1) is 22.9. The Morgan fingerprint density at radius 2 is 1.70 bits per heavy atom. The maximum absolute atomic E-state index is 6.51. The topological polar surface area (TPSA) is 26.0 Å². The Labute approximate surface area is 194 Å². The third-order valence-electron chi connectivity index (χ3n) is 5.67. The second-order valence-electron chi connectivity index (χ2n) is 10.3. The summed E-state index contributed by atoms with van der Waals surface area (Å²) in [6.45, 7) is 18.1. The second-order valence-corrected chi connectivity index (χ2v) is 15.3. The van der Waals surface area contributed by atoms with Gasteiger partial charge in [-0.25, -0.2) is 0 Å². The minimum absolute atomic E-state index is 0. The van der Waals surface area contributed by atoms with Crippen molar-refractivity contribution in [3.05, 3.63) is 59.3 Å². The van der Waals surface area contributed by atoms with Crippen LogP contribution in [-0.2, 0) is 25.5 Å². The molecule has 0 aliphatic heterocycles. The summed E-state index contributed by atoms with van der Waals surface area (Å²) < 4.78 is 6.51. The van der Waals surface area contributed by atoms with E-state index in [1.165, 1.54) is 32.6 Å². The SMILES string of the molecule is Cc1cc(C)c2oc3c(-c4ccc(C(C)(C)C)cn4)[c-]cc([Si](C)(C)C)c3c2c1.[Ir]. The number of rotatable bonds is 2. The van der Waals surface area contributed by atoms with Crippen LogP contribution in [0.5, 0.6) is 0 Å². The number of aryl methyl sites for hydroxylation is 2. The Morgan fingerprint density at radius 3 is 2.27 bits per heavy atom. The van der Waals surface area contributed by atoms with E-state index in [-0.39, 0.29) is 25.5 Å². The van der Waals surface area contributed by atoms with Gasteiger partial charge in [0.25, 0.3) is 0 Å². The van der Waals surface area contributed by atoms with Crippen molar-refractivity contribution in [3.8, 4) is 11.3 Å². The molecule has 0 aliphatic carbocycles. The van der Waals surface area contributed by atoms with Crippen LogP contribution in [0.1, 0.15) is 37.5 Å². The van der Waals surface area contributed by atoms with Gasteiger partial charge in [-0.1, -0.05) is 75.1 Å². The van der Waals surface area contributed by atoms with Gasteiger partial charge in [0.2, 0.25) is 0 Å². The maximum atomic E-state index is 6.51. The van der Waals surface area contributed by atoms with Crippen LogP contribution >= 0.6 is 0 Å². The van der Waals surface area contributed by atoms with Crippen molar-refractivity contribution in [2.45, 2.75) is 59.7 Å². The summed E-state index contributed by atoms with van der Waals surface area (Å²) in [5, 5.41) is 3.87. The van der Waals surface area contributed by atoms with Crippen molar-refractivity contribution in [2.24, 2.45) is 0 Å². The van der Waals surface area contributed by atoms with Crippen molar-refractivity contribution in [1.29, 1.82) is 0 Å². The van der Waals surface area contributed by atoms with Gasteiger partial charge in [-0.3, -0.25) is 0 Å². The zero-order valence-corrected chi connectivity index (χ0v) is 22.5. The van der Waals surface area contributed by atoms with Crippen LogP contribution in [0.2, 0.25) is 19.6 Å². The molecule has 1 radical (unpaired) electrons. The van der Waals surface area contributed by atoms with Crippen LogP contribution in [0.15, 0.2) is 40.9 Å². The zero-order chi connectivity index (χ0) is 21.1. The molecule has 2 nitrogen and oxygen atoms in total. The number of aromatic nitrogens is 1.